The molecule has 0 aliphatic carbocycles. The Morgan fingerprint density at radius 3 is 1.29 bits per heavy atom. The highest BCUT2D eigenvalue weighted by atomic mass is 28.4. The largest absolute Gasteiger partial charge is 0.674 e. The molecule has 0 atom stereocenters. The second-order valence-electron chi connectivity index (χ2n) is 5.78. The van der Waals surface area contributed by atoms with E-state index in [1.165, 1.54) is 51.4 Å². The van der Waals surface area contributed by atoms with Crippen LogP contribution in [0.5, 0.6) is 0 Å². The van der Waals surface area contributed by atoms with Gasteiger partial charge in [-0.2, -0.15) is 0 Å². The number of hydrogen-bond donors (Lipinski definition) is 2. The van der Waals surface area contributed by atoms with E-state index in [0.717, 1.165) is 25.7 Å². The van der Waals surface area contributed by atoms with E-state index >= 15 is 0 Å². The molecular formula is C16H36O4Si. The lowest BCUT2D eigenvalue weighted by atomic mass is 10.1. The number of rotatable bonds is 16. The van der Waals surface area contributed by atoms with Gasteiger partial charge in [-0.15, -0.1) is 0 Å². The van der Waals surface area contributed by atoms with E-state index in [-0.39, 0.29) is 0 Å². The summed E-state index contributed by atoms with van der Waals surface area (Å²) in [4.78, 5) is 19.3. The number of unbranched alkanes of at least 4 members (excludes halogenated alkanes) is 10. The topological polar surface area (TPSA) is 58.9 Å². The minimum absolute atomic E-state index is 0.391. The van der Waals surface area contributed by atoms with Gasteiger partial charge < -0.3 is 18.4 Å². The Balaban J connectivity index is 3.35. The molecule has 0 saturated heterocycles. The van der Waals surface area contributed by atoms with Crippen molar-refractivity contribution in [3.63, 3.8) is 0 Å². The minimum atomic E-state index is -3.85. The molecule has 0 unspecified atom stereocenters. The van der Waals surface area contributed by atoms with Crippen LogP contribution in [0.15, 0.2) is 0 Å². The van der Waals surface area contributed by atoms with Crippen LogP contribution in [0.2, 0.25) is 0 Å². The minimum Gasteiger partial charge on any atom is -0.367 e. The number of hydrogen-bond acceptors (Lipinski definition) is 4. The van der Waals surface area contributed by atoms with Gasteiger partial charge in [-0.3, -0.25) is 0 Å². The zero-order chi connectivity index (χ0) is 15.8. The molecule has 0 spiro atoms. The molecule has 0 aromatic carbocycles. The van der Waals surface area contributed by atoms with Crippen molar-refractivity contribution < 1.29 is 18.4 Å². The van der Waals surface area contributed by atoms with E-state index < -0.39 is 9.05 Å². The van der Waals surface area contributed by atoms with Crippen molar-refractivity contribution in [3.05, 3.63) is 0 Å². The van der Waals surface area contributed by atoms with Gasteiger partial charge in [0.05, 0.1) is 0 Å². The monoisotopic (exact) mass is 320 g/mol. The first-order valence-electron chi connectivity index (χ1n) is 8.85. The van der Waals surface area contributed by atoms with E-state index in [4.69, 9.17) is 8.85 Å². The Labute approximate surface area is 132 Å². The van der Waals surface area contributed by atoms with Crippen molar-refractivity contribution in [2.24, 2.45) is 0 Å². The lowest BCUT2D eigenvalue weighted by Gasteiger charge is -2.17. The van der Waals surface area contributed by atoms with Crippen molar-refractivity contribution in [2.45, 2.75) is 90.9 Å². The molecule has 21 heavy (non-hydrogen) atoms. The Kier molecular flexibility index (Phi) is 15.0. The summed E-state index contributed by atoms with van der Waals surface area (Å²) in [7, 11) is -3.85. The molecule has 0 rings (SSSR count). The SMILES string of the molecule is CCCCCCCCO[Si](O)(O)OCCCCCCCC. The fourth-order valence-corrected chi connectivity index (χ4v) is 3.12. The van der Waals surface area contributed by atoms with Crippen LogP contribution in [0.25, 0.3) is 0 Å². The summed E-state index contributed by atoms with van der Waals surface area (Å²) in [5, 5.41) is 0. The van der Waals surface area contributed by atoms with Gasteiger partial charge in [0.25, 0.3) is 0 Å². The van der Waals surface area contributed by atoms with E-state index in [9.17, 15) is 9.59 Å². The average molecular weight is 321 g/mol. The summed E-state index contributed by atoms with van der Waals surface area (Å²) in [6.07, 6.45) is 13.9. The van der Waals surface area contributed by atoms with Crippen molar-refractivity contribution in [2.75, 3.05) is 13.2 Å². The van der Waals surface area contributed by atoms with Crippen LogP contribution in [0.1, 0.15) is 90.9 Å². The second kappa shape index (κ2) is 15.0. The predicted molar refractivity (Wildman–Crippen MR) is 88.8 cm³/mol. The molecule has 2 N–H and O–H groups in total. The van der Waals surface area contributed by atoms with Crippen molar-refractivity contribution in [3.8, 4) is 0 Å². The molecule has 0 amide bonds. The van der Waals surface area contributed by atoms with Crippen LogP contribution in [0, 0.1) is 0 Å². The molecule has 5 heteroatoms. The standard InChI is InChI=1S/C16H36O4Si/c1-3-5-7-9-11-13-15-19-21(17,18)20-16-14-12-10-8-6-4-2/h17-18H,3-16H2,1-2H3. The van der Waals surface area contributed by atoms with Crippen LogP contribution in [-0.2, 0) is 8.85 Å². The molecule has 0 heterocycles. The average Bonchev–Trinajstić information content (AvgIpc) is 2.45. The van der Waals surface area contributed by atoms with Gasteiger partial charge in [0, 0.05) is 13.2 Å². The molecule has 128 valence electrons. The summed E-state index contributed by atoms with van der Waals surface area (Å²) in [5.74, 6) is 0. The van der Waals surface area contributed by atoms with Crippen LogP contribution in [0.4, 0.5) is 0 Å². The fraction of sp³-hybridized carbons (Fsp3) is 1.00. The summed E-state index contributed by atoms with van der Waals surface area (Å²) < 4.78 is 10.2. The van der Waals surface area contributed by atoms with Crippen LogP contribution in [0.3, 0.4) is 0 Å². The quantitative estimate of drug-likeness (QED) is 0.331. The van der Waals surface area contributed by atoms with Crippen LogP contribution >= 0.6 is 0 Å². The summed E-state index contributed by atoms with van der Waals surface area (Å²) >= 11 is 0. The van der Waals surface area contributed by atoms with Crippen LogP contribution in [-0.4, -0.2) is 31.9 Å². The van der Waals surface area contributed by atoms with Crippen molar-refractivity contribution >= 4 is 9.05 Å². The Bertz CT molecular complexity index is 192. The lowest BCUT2D eigenvalue weighted by Crippen LogP contribution is -2.43. The smallest absolute Gasteiger partial charge is 0.367 e. The first-order chi connectivity index (χ1) is 10.1. The maximum absolute atomic E-state index is 9.65. The van der Waals surface area contributed by atoms with Gasteiger partial charge in [-0.05, 0) is 12.8 Å². The molecular weight excluding hydrogens is 284 g/mol. The maximum atomic E-state index is 9.65. The third-order valence-electron chi connectivity index (χ3n) is 3.58. The normalized spacial score (nSPS) is 12.0. The first kappa shape index (κ1) is 21.1. The van der Waals surface area contributed by atoms with Crippen LogP contribution < -0.4 is 0 Å². The molecule has 0 radical (unpaired) electrons. The Morgan fingerprint density at radius 2 is 0.905 bits per heavy atom. The predicted octanol–water partition coefficient (Wildman–Crippen LogP) is 4.16. The Hall–Kier alpha value is 0.0569. The highest BCUT2D eigenvalue weighted by Gasteiger charge is 2.35. The molecule has 0 aliphatic heterocycles. The molecule has 0 aromatic heterocycles. The zero-order valence-electron chi connectivity index (χ0n) is 14.1. The van der Waals surface area contributed by atoms with Gasteiger partial charge in [0.2, 0.25) is 0 Å². The van der Waals surface area contributed by atoms with Gasteiger partial charge in [-0.1, -0.05) is 78.1 Å². The molecule has 0 aliphatic rings. The van der Waals surface area contributed by atoms with Gasteiger partial charge >= 0.3 is 9.05 Å². The highest BCUT2D eigenvalue weighted by Crippen LogP contribution is 2.09. The van der Waals surface area contributed by atoms with E-state index in [1.54, 1.807) is 0 Å². The van der Waals surface area contributed by atoms with E-state index in [2.05, 4.69) is 13.8 Å². The van der Waals surface area contributed by atoms with Gasteiger partial charge in [0.1, 0.15) is 0 Å². The molecule has 0 fully saturated rings. The highest BCUT2D eigenvalue weighted by molar-refractivity contribution is 6.50. The third-order valence-corrected chi connectivity index (χ3v) is 4.74. The second-order valence-corrected chi connectivity index (χ2v) is 7.46. The summed E-state index contributed by atoms with van der Waals surface area (Å²) in [5.41, 5.74) is 0. The molecule has 4 nitrogen and oxygen atoms in total. The van der Waals surface area contributed by atoms with Gasteiger partial charge in [0.15, 0.2) is 0 Å². The molecule has 0 aromatic rings. The molecule has 0 saturated carbocycles. The summed E-state index contributed by atoms with van der Waals surface area (Å²) in [6.45, 7) is 5.17. The Morgan fingerprint density at radius 1 is 0.571 bits per heavy atom. The fourth-order valence-electron chi connectivity index (χ4n) is 2.22. The lowest BCUT2D eigenvalue weighted by molar-refractivity contribution is 0.0219. The third kappa shape index (κ3) is 16.3. The maximum Gasteiger partial charge on any atom is 0.674 e. The zero-order valence-corrected chi connectivity index (χ0v) is 15.1. The van der Waals surface area contributed by atoms with Gasteiger partial charge in [-0.25, -0.2) is 0 Å². The van der Waals surface area contributed by atoms with Crippen molar-refractivity contribution in [1.29, 1.82) is 0 Å². The first-order valence-corrected chi connectivity index (χ1v) is 10.6. The van der Waals surface area contributed by atoms with E-state index in [1.807, 2.05) is 0 Å². The van der Waals surface area contributed by atoms with E-state index in [0.29, 0.717) is 13.2 Å². The van der Waals surface area contributed by atoms with Crippen molar-refractivity contribution in [1.82, 2.24) is 0 Å². The molecule has 0 bridgehead atoms. The summed E-state index contributed by atoms with van der Waals surface area (Å²) in [6, 6.07) is 0.